The van der Waals surface area contributed by atoms with Crippen molar-refractivity contribution in [2.24, 2.45) is 0 Å². The minimum absolute atomic E-state index is 1.01. The molecule has 1 N–H and O–H groups in total. The highest BCUT2D eigenvalue weighted by molar-refractivity contribution is 5.83. The fourth-order valence-electron chi connectivity index (χ4n) is 2.69. The Labute approximate surface area is 103 Å². The van der Waals surface area contributed by atoms with Crippen LogP contribution in [0.4, 0.5) is 11.4 Å². The summed E-state index contributed by atoms with van der Waals surface area (Å²) in [5.74, 6) is 0. The van der Waals surface area contributed by atoms with Gasteiger partial charge in [0, 0.05) is 39.8 Å². The highest BCUT2D eigenvalue weighted by Crippen LogP contribution is 2.35. The Kier molecular flexibility index (Phi) is 2.77. The molecule has 1 aromatic rings. The molecule has 90 valence electrons. The Morgan fingerprint density at radius 1 is 1.18 bits per heavy atom. The smallest absolute Gasteiger partial charge is 0.0677 e. The van der Waals surface area contributed by atoms with Crippen molar-refractivity contribution in [1.29, 1.82) is 0 Å². The van der Waals surface area contributed by atoms with E-state index >= 15 is 0 Å². The lowest BCUT2D eigenvalue weighted by atomic mass is 10.1. The van der Waals surface area contributed by atoms with Crippen LogP contribution in [0.15, 0.2) is 24.3 Å². The van der Waals surface area contributed by atoms with Gasteiger partial charge in [0.1, 0.15) is 0 Å². The summed E-state index contributed by atoms with van der Waals surface area (Å²) in [5, 5.41) is 3.41. The predicted octanol–water partition coefficient (Wildman–Crippen LogP) is 1.56. The molecule has 3 nitrogen and oxygen atoms in total. The number of nitrogens with zero attached hydrogens (tertiary/aromatic N) is 2. The van der Waals surface area contributed by atoms with Crippen LogP contribution in [0, 0.1) is 0 Å². The maximum atomic E-state index is 3.41. The van der Waals surface area contributed by atoms with Gasteiger partial charge in [0.15, 0.2) is 0 Å². The standard InChI is InChI=1S/C14H19N3/c1-16-9-3-5-12-4-2-6-13(14(12)16)17-10-7-15-8-11-17/h2-6,15H,7-11H2,1H3. The Morgan fingerprint density at radius 3 is 2.82 bits per heavy atom. The van der Waals surface area contributed by atoms with Crippen LogP contribution in [0.1, 0.15) is 5.56 Å². The number of hydrogen-bond acceptors (Lipinski definition) is 3. The number of anilines is 2. The van der Waals surface area contributed by atoms with Gasteiger partial charge in [0.25, 0.3) is 0 Å². The number of fused-ring (bicyclic) bond motifs is 1. The fraction of sp³-hybridized carbons (Fsp3) is 0.429. The Bertz CT molecular complexity index is 433. The van der Waals surface area contributed by atoms with Crippen molar-refractivity contribution < 1.29 is 0 Å². The normalized spacial score (nSPS) is 19.4. The molecule has 0 unspecified atom stereocenters. The molecule has 0 radical (unpaired) electrons. The molecule has 2 heterocycles. The van der Waals surface area contributed by atoms with E-state index in [1.807, 2.05) is 0 Å². The monoisotopic (exact) mass is 229 g/mol. The molecule has 3 heteroatoms. The number of nitrogens with one attached hydrogen (secondary N) is 1. The number of para-hydroxylation sites is 1. The molecule has 1 fully saturated rings. The van der Waals surface area contributed by atoms with Crippen LogP contribution < -0.4 is 15.1 Å². The van der Waals surface area contributed by atoms with Crippen LogP contribution in [0.3, 0.4) is 0 Å². The molecule has 1 aromatic carbocycles. The molecule has 17 heavy (non-hydrogen) atoms. The van der Waals surface area contributed by atoms with E-state index in [9.17, 15) is 0 Å². The molecule has 0 amide bonds. The van der Waals surface area contributed by atoms with E-state index < -0.39 is 0 Å². The average molecular weight is 229 g/mol. The van der Waals surface area contributed by atoms with Gasteiger partial charge in [0.2, 0.25) is 0 Å². The second-order valence-electron chi connectivity index (χ2n) is 4.73. The van der Waals surface area contributed by atoms with Crippen molar-refractivity contribution in [2.75, 3.05) is 49.6 Å². The first-order chi connectivity index (χ1) is 8.36. The van der Waals surface area contributed by atoms with Gasteiger partial charge in [-0.15, -0.1) is 0 Å². The van der Waals surface area contributed by atoms with Gasteiger partial charge in [-0.2, -0.15) is 0 Å². The van der Waals surface area contributed by atoms with E-state index in [4.69, 9.17) is 0 Å². The summed E-state index contributed by atoms with van der Waals surface area (Å²) in [5.41, 5.74) is 4.11. The van der Waals surface area contributed by atoms with Gasteiger partial charge in [-0.1, -0.05) is 24.3 Å². The van der Waals surface area contributed by atoms with Crippen LogP contribution >= 0.6 is 0 Å². The first kappa shape index (κ1) is 10.7. The third kappa shape index (κ3) is 1.91. The topological polar surface area (TPSA) is 18.5 Å². The van der Waals surface area contributed by atoms with E-state index in [0.29, 0.717) is 0 Å². The predicted molar refractivity (Wildman–Crippen MR) is 73.8 cm³/mol. The molecule has 2 aliphatic heterocycles. The molecule has 0 bridgehead atoms. The second kappa shape index (κ2) is 4.41. The quantitative estimate of drug-likeness (QED) is 0.788. The fourth-order valence-corrected chi connectivity index (χ4v) is 2.69. The zero-order valence-corrected chi connectivity index (χ0v) is 10.3. The van der Waals surface area contributed by atoms with Gasteiger partial charge in [-0.3, -0.25) is 0 Å². The molecular weight excluding hydrogens is 210 g/mol. The summed E-state index contributed by atoms with van der Waals surface area (Å²) < 4.78 is 0. The van der Waals surface area contributed by atoms with Gasteiger partial charge in [-0.25, -0.2) is 0 Å². The van der Waals surface area contributed by atoms with Crippen molar-refractivity contribution in [3.8, 4) is 0 Å². The van der Waals surface area contributed by atoms with E-state index in [1.54, 1.807) is 0 Å². The minimum Gasteiger partial charge on any atom is -0.369 e. The lowest BCUT2D eigenvalue weighted by Crippen LogP contribution is -2.44. The van der Waals surface area contributed by atoms with Crippen LogP contribution in [0.2, 0.25) is 0 Å². The summed E-state index contributed by atoms with van der Waals surface area (Å²) in [6.07, 6.45) is 4.46. The second-order valence-corrected chi connectivity index (χ2v) is 4.73. The number of benzene rings is 1. The zero-order chi connectivity index (χ0) is 11.7. The number of hydrogen-bond donors (Lipinski definition) is 1. The van der Waals surface area contributed by atoms with Gasteiger partial charge in [-0.05, 0) is 11.6 Å². The molecule has 1 saturated heterocycles. The lowest BCUT2D eigenvalue weighted by molar-refractivity contribution is 0.589. The Morgan fingerprint density at radius 2 is 2.00 bits per heavy atom. The van der Waals surface area contributed by atoms with Crippen molar-refractivity contribution >= 4 is 17.5 Å². The van der Waals surface area contributed by atoms with Gasteiger partial charge in [0.05, 0.1) is 11.4 Å². The molecule has 3 rings (SSSR count). The van der Waals surface area contributed by atoms with Crippen molar-refractivity contribution in [1.82, 2.24) is 5.32 Å². The maximum Gasteiger partial charge on any atom is 0.0677 e. The average Bonchev–Trinajstić information content (AvgIpc) is 2.39. The Hall–Kier alpha value is -1.48. The highest BCUT2D eigenvalue weighted by Gasteiger charge is 2.19. The van der Waals surface area contributed by atoms with E-state index in [1.165, 1.54) is 16.9 Å². The van der Waals surface area contributed by atoms with E-state index in [2.05, 4.69) is 52.5 Å². The number of piperazine rings is 1. The molecular formula is C14H19N3. The van der Waals surface area contributed by atoms with Crippen LogP contribution in [0.25, 0.3) is 6.08 Å². The summed E-state index contributed by atoms with van der Waals surface area (Å²) in [6.45, 7) is 5.39. The SMILES string of the molecule is CN1CC=Cc2cccc(N3CCNCC3)c21. The summed E-state index contributed by atoms with van der Waals surface area (Å²) in [7, 11) is 2.17. The molecule has 0 spiro atoms. The van der Waals surface area contributed by atoms with Crippen molar-refractivity contribution in [3.05, 3.63) is 29.8 Å². The molecule has 0 aliphatic carbocycles. The maximum absolute atomic E-state index is 3.41. The van der Waals surface area contributed by atoms with Crippen molar-refractivity contribution in [2.45, 2.75) is 0 Å². The van der Waals surface area contributed by atoms with Crippen LogP contribution in [-0.2, 0) is 0 Å². The summed E-state index contributed by atoms with van der Waals surface area (Å²) in [4.78, 5) is 4.83. The first-order valence-corrected chi connectivity index (χ1v) is 6.32. The van der Waals surface area contributed by atoms with Crippen LogP contribution in [0.5, 0.6) is 0 Å². The third-order valence-electron chi connectivity index (χ3n) is 3.56. The minimum atomic E-state index is 1.01. The van der Waals surface area contributed by atoms with Gasteiger partial charge >= 0.3 is 0 Å². The largest absolute Gasteiger partial charge is 0.369 e. The highest BCUT2D eigenvalue weighted by atomic mass is 15.2. The first-order valence-electron chi connectivity index (χ1n) is 6.32. The number of rotatable bonds is 1. The number of likely N-dealkylation sites (N-methyl/N-ethyl adjacent to an activating group) is 1. The Balaban J connectivity index is 2.01. The van der Waals surface area contributed by atoms with Gasteiger partial charge < -0.3 is 15.1 Å². The van der Waals surface area contributed by atoms with E-state index in [-0.39, 0.29) is 0 Å². The third-order valence-corrected chi connectivity index (χ3v) is 3.56. The molecule has 0 saturated carbocycles. The van der Waals surface area contributed by atoms with Crippen molar-refractivity contribution in [3.63, 3.8) is 0 Å². The van der Waals surface area contributed by atoms with Crippen LogP contribution in [-0.4, -0.2) is 39.8 Å². The van der Waals surface area contributed by atoms with E-state index in [0.717, 1.165) is 32.7 Å². The summed E-state index contributed by atoms with van der Waals surface area (Å²) >= 11 is 0. The molecule has 0 atom stereocenters. The molecule has 0 aromatic heterocycles. The summed E-state index contributed by atoms with van der Waals surface area (Å²) in [6, 6.07) is 6.62. The zero-order valence-electron chi connectivity index (χ0n) is 10.3. The molecule has 2 aliphatic rings. The lowest BCUT2D eigenvalue weighted by Gasteiger charge is -2.35.